The summed E-state index contributed by atoms with van der Waals surface area (Å²) in [7, 11) is -3.17. The van der Waals surface area contributed by atoms with Crippen molar-refractivity contribution in [3.05, 3.63) is 69.2 Å². The summed E-state index contributed by atoms with van der Waals surface area (Å²) in [6.07, 6.45) is 5.21. The van der Waals surface area contributed by atoms with Crippen LogP contribution in [0.1, 0.15) is 60.5 Å². The van der Waals surface area contributed by atoms with E-state index in [2.05, 4.69) is 29.6 Å². The molecule has 0 radical (unpaired) electrons. The van der Waals surface area contributed by atoms with Gasteiger partial charge in [0.05, 0.1) is 15.8 Å². The number of nitrogens with one attached hydrogen (secondary N) is 1. The summed E-state index contributed by atoms with van der Waals surface area (Å²) in [5.74, 6) is 0.513. The molecule has 1 amide bonds. The molecule has 5 nitrogen and oxygen atoms in total. The second-order valence-electron chi connectivity index (χ2n) is 9.46. The SMILES string of the molecule is CCCS(=O)(=O)N1CCC2(CC1)c1ccccc1CC2CCCNC(=O)c1ccc(Cl)c(Cl)c1. The summed E-state index contributed by atoms with van der Waals surface area (Å²) in [6, 6.07) is 13.5. The highest BCUT2D eigenvalue weighted by molar-refractivity contribution is 7.89. The lowest BCUT2D eigenvalue weighted by Crippen LogP contribution is -2.47. The molecule has 1 heterocycles. The molecule has 1 atom stereocenters. The van der Waals surface area contributed by atoms with Crippen LogP contribution in [0.2, 0.25) is 10.0 Å². The fourth-order valence-electron chi connectivity index (χ4n) is 5.76. The number of hydrogen-bond donors (Lipinski definition) is 1. The van der Waals surface area contributed by atoms with Crippen molar-refractivity contribution in [2.75, 3.05) is 25.4 Å². The molecule has 1 spiro atoms. The summed E-state index contributed by atoms with van der Waals surface area (Å²) in [4.78, 5) is 12.5. The maximum absolute atomic E-state index is 12.6. The number of piperidine rings is 1. The maximum Gasteiger partial charge on any atom is 0.251 e. The highest BCUT2D eigenvalue weighted by Gasteiger charge is 2.48. The van der Waals surface area contributed by atoms with Crippen molar-refractivity contribution >= 4 is 39.1 Å². The lowest BCUT2D eigenvalue weighted by Gasteiger charge is -2.43. The van der Waals surface area contributed by atoms with Crippen molar-refractivity contribution in [2.45, 2.75) is 50.9 Å². The summed E-state index contributed by atoms with van der Waals surface area (Å²) in [5, 5.41) is 3.79. The Balaban J connectivity index is 1.39. The lowest BCUT2D eigenvalue weighted by molar-refractivity contribution is 0.0951. The molecule has 8 heteroatoms. The molecule has 1 unspecified atom stereocenters. The topological polar surface area (TPSA) is 66.5 Å². The number of carbonyl (C=O) groups is 1. The molecule has 1 aliphatic heterocycles. The normalized spacial score (nSPS) is 19.8. The van der Waals surface area contributed by atoms with E-state index in [1.54, 1.807) is 22.5 Å². The zero-order chi connectivity index (χ0) is 24.3. The molecule has 2 aliphatic rings. The minimum absolute atomic E-state index is 0.0164. The number of benzene rings is 2. The number of nitrogens with zero attached hydrogens (tertiary/aromatic N) is 1. The molecule has 1 saturated heterocycles. The number of sulfonamides is 1. The van der Waals surface area contributed by atoms with Crippen molar-refractivity contribution in [1.29, 1.82) is 0 Å². The van der Waals surface area contributed by atoms with Gasteiger partial charge in [-0.15, -0.1) is 0 Å². The quantitative estimate of drug-likeness (QED) is 0.468. The summed E-state index contributed by atoms with van der Waals surface area (Å²) < 4.78 is 26.9. The third-order valence-corrected chi connectivity index (χ3v) is 10.3. The molecule has 0 aromatic heterocycles. The van der Waals surface area contributed by atoms with E-state index >= 15 is 0 Å². The third-order valence-electron chi connectivity index (χ3n) is 7.47. The van der Waals surface area contributed by atoms with E-state index in [0.29, 0.717) is 47.6 Å². The minimum atomic E-state index is -3.17. The van der Waals surface area contributed by atoms with E-state index in [9.17, 15) is 13.2 Å². The van der Waals surface area contributed by atoms with Crippen molar-refractivity contribution in [3.8, 4) is 0 Å². The Morgan fingerprint density at radius 2 is 1.85 bits per heavy atom. The predicted octanol–water partition coefficient (Wildman–Crippen LogP) is 5.45. The first kappa shape index (κ1) is 25.5. The maximum atomic E-state index is 12.6. The highest BCUT2D eigenvalue weighted by atomic mass is 35.5. The van der Waals surface area contributed by atoms with Crippen LogP contribution in [0, 0.1) is 5.92 Å². The van der Waals surface area contributed by atoms with Crippen molar-refractivity contribution in [2.24, 2.45) is 5.92 Å². The second kappa shape index (κ2) is 10.6. The molecule has 1 aliphatic carbocycles. The van der Waals surface area contributed by atoms with Gasteiger partial charge in [0.25, 0.3) is 5.91 Å². The number of carbonyl (C=O) groups excluding carboxylic acids is 1. The Hall–Kier alpha value is -1.60. The van der Waals surface area contributed by atoms with E-state index in [1.807, 2.05) is 6.92 Å². The van der Waals surface area contributed by atoms with Gasteiger partial charge in [-0.25, -0.2) is 12.7 Å². The Morgan fingerprint density at radius 1 is 1.12 bits per heavy atom. The van der Waals surface area contributed by atoms with Crippen LogP contribution in [0.3, 0.4) is 0 Å². The van der Waals surface area contributed by atoms with Gasteiger partial charge >= 0.3 is 0 Å². The van der Waals surface area contributed by atoms with Gasteiger partial charge in [0.15, 0.2) is 0 Å². The molecule has 0 saturated carbocycles. The van der Waals surface area contributed by atoms with Crippen LogP contribution in [0.5, 0.6) is 0 Å². The van der Waals surface area contributed by atoms with E-state index in [1.165, 1.54) is 11.1 Å². The van der Waals surface area contributed by atoms with E-state index in [0.717, 1.165) is 32.1 Å². The standard InChI is InChI=1S/C26H32Cl2N2O3S/c1-2-16-34(32,33)30-14-11-26(12-15-30)21(17-19-6-3-4-8-22(19)26)7-5-13-29-25(31)20-9-10-23(27)24(28)18-20/h3-4,6,8-10,18,21H,2,5,7,11-17H2,1H3,(H,29,31). The molecule has 1 fully saturated rings. The van der Waals surface area contributed by atoms with Crippen LogP contribution in [-0.4, -0.2) is 44.0 Å². The van der Waals surface area contributed by atoms with E-state index in [4.69, 9.17) is 23.2 Å². The molecule has 34 heavy (non-hydrogen) atoms. The first-order valence-electron chi connectivity index (χ1n) is 12.1. The molecular weight excluding hydrogens is 491 g/mol. The van der Waals surface area contributed by atoms with Crippen molar-refractivity contribution in [1.82, 2.24) is 9.62 Å². The summed E-state index contributed by atoms with van der Waals surface area (Å²) >= 11 is 12.0. The van der Waals surface area contributed by atoms with Crippen LogP contribution < -0.4 is 5.32 Å². The van der Waals surface area contributed by atoms with E-state index < -0.39 is 10.0 Å². The van der Waals surface area contributed by atoms with Gasteiger partial charge in [-0.1, -0.05) is 54.4 Å². The molecular formula is C26H32Cl2N2O3S. The Bertz CT molecular complexity index is 1140. The van der Waals surface area contributed by atoms with Gasteiger partial charge in [0, 0.05) is 30.6 Å². The monoisotopic (exact) mass is 522 g/mol. The molecule has 0 bridgehead atoms. The van der Waals surface area contributed by atoms with Gasteiger partial charge in [-0.3, -0.25) is 4.79 Å². The van der Waals surface area contributed by atoms with Gasteiger partial charge in [-0.05, 0) is 73.8 Å². The fraction of sp³-hybridized carbons (Fsp3) is 0.500. The smallest absolute Gasteiger partial charge is 0.251 e. The number of halogens is 2. The second-order valence-corrected chi connectivity index (χ2v) is 12.4. The number of hydrogen-bond acceptors (Lipinski definition) is 3. The lowest BCUT2D eigenvalue weighted by atomic mass is 9.67. The van der Waals surface area contributed by atoms with Crippen LogP contribution in [0.15, 0.2) is 42.5 Å². The Labute approximate surface area is 212 Å². The first-order chi connectivity index (χ1) is 16.3. The number of fused-ring (bicyclic) bond motifs is 2. The van der Waals surface area contributed by atoms with Crippen molar-refractivity contribution in [3.63, 3.8) is 0 Å². The van der Waals surface area contributed by atoms with E-state index in [-0.39, 0.29) is 17.1 Å². The first-order valence-corrected chi connectivity index (χ1v) is 14.4. The average Bonchev–Trinajstić information content (AvgIpc) is 3.11. The zero-order valence-corrected chi connectivity index (χ0v) is 21.9. The average molecular weight is 524 g/mol. The van der Waals surface area contributed by atoms with Crippen molar-refractivity contribution < 1.29 is 13.2 Å². The largest absolute Gasteiger partial charge is 0.352 e. The number of rotatable bonds is 8. The molecule has 2 aromatic carbocycles. The molecule has 1 N–H and O–H groups in total. The number of amides is 1. The molecule has 184 valence electrons. The minimum Gasteiger partial charge on any atom is -0.352 e. The van der Waals surface area contributed by atoms with Gasteiger partial charge in [-0.2, -0.15) is 0 Å². The zero-order valence-electron chi connectivity index (χ0n) is 19.5. The van der Waals surface area contributed by atoms with Crippen LogP contribution in [0.4, 0.5) is 0 Å². The van der Waals surface area contributed by atoms with Gasteiger partial charge < -0.3 is 5.32 Å². The van der Waals surface area contributed by atoms with Crippen LogP contribution >= 0.6 is 23.2 Å². The summed E-state index contributed by atoms with van der Waals surface area (Å²) in [5.41, 5.74) is 3.30. The van der Waals surface area contributed by atoms with Gasteiger partial charge in [0.1, 0.15) is 0 Å². The van der Waals surface area contributed by atoms with Gasteiger partial charge in [0.2, 0.25) is 10.0 Å². The predicted molar refractivity (Wildman–Crippen MR) is 138 cm³/mol. The van der Waals surface area contributed by atoms with Crippen LogP contribution in [-0.2, 0) is 21.9 Å². The molecule has 4 rings (SSSR count). The Morgan fingerprint density at radius 3 is 2.56 bits per heavy atom. The summed E-state index contributed by atoms with van der Waals surface area (Å²) in [6.45, 7) is 3.66. The third kappa shape index (κ3) is 5.15. The highest BCUT2D eigenvalue weighted by Crippen LogP contribution is 2.51. The fourth-order valence-corrected chi connectivity index (χ4v) is 7.57. The Kier molecular flexibility index (Phi) is 7.92. The van der Waals surface area contributed by atoms with Crippen LogP contribution in [0.25, 0.3) is 0 Å². The molecule has 2 aromatic rings.